The molecule has 1 aromatic carbocycles. The molecule has 0 aliphatic heterocycles. The van der Waals surface area contributed by atoms with Crippen LogP contribution in [0.4, 0.5) is 0 Å². The highest BCUT2D eigenvalue weighted by molar-refractivity contribution is 9.10. The number of hydrogen-bond acceptors (Lipinski definition) is 2. The molecule has 1 unspecified atom stereocenters. The van der Waals surface area contributed by atoms with Gasteiger partial charge in [0.05, 0.1) is 0 Å². The Kier molecular flexibility index (Phi) is 3.22. The number of nitrogens with zero attached hydrogens (tertiary/aromatic N) is 1. The topological polar surface area (TPSA) is 68.2 Å². The van der Waals surface area contributed by atoms with Crippen LogP contribution in [0.25, 0.3) is 10.9 Å². The molecule has 1 aromatic heterocycles. The van der Waals surface area contributed by atoms with Crippen molar-refractivity contribution in [3.63, 3.8) is 0 Å². The number of aliphatic carboxylic acids is 1. The SMILES string of the molecule is CCn1cc(C(N)C(=O)O)c2cc(Br)ccc21. The smallest absolute Gasteiger partial charge is 0.325 e. The van der Waals surface area contributed by atoms with E-state index in [4.69, 9.17) is 10.8 Å². The average Bonchev–Trinajstić information content (AvgIpc) is 2.65. The fraction of sp³-hybridized carbons (Fsp3) is 0.250. The quantitative estimate of drug-likeness (QED) is 0.914. The first-order chi connectivity index (χ1) is 8.04. The molecular formula is C12H13BrN2O2. The maximum Gasteiger partial charge on any atom is 0.325 e. The minimum absolute atomic E-state index is 0.649. The van der Waals surface area contributed by atoms with Crippen molar-refractivity contribution in [2.45, 2.75) is 19.5 Å². The number of carbonyl (C=O) groups is 1. The van der Waals surface area contributed by atoms with Crippen molar-refractivity contribution >= 4 is 32.8 Å². The van der Waals surface area contributed by atoms with Gasteiger partial charge in [0.2, 0.25) is 0 Å². The van der Waals surface area contributed by atoms with E-state index in [0.29, 0.717) is 5.56 Å². The zero-order chi connectivity index (χ0) is 12.6. The Morgan fingerprint density at radius 2 is 2.29 bits per heavy atom. The Hall–Kier alpha value is -1.33. The van der Waals surface area contributed by atoms with Gasteiger partial charge in [-0.25, -0.2) is 0 Å². The summed E-state index contributed by atoms with van der Waals surface area (Å²) in [6.45, 7) is 2.79. The first kappa shape index (κ1) is 12.1. The molecule has 1 heterocycles. The molecule has 0 fully saturated rings. The van der Waals surface area contributed by atoms with E-state index >= 15 is 0 Å². The van der Waals surface area contributed by atoms with Crippen LogP contribution in [0.5, 0.6) is 0 Å². The number of carboxylic acid groups (broad SMARTS) is 1. The lowest BCUT2D eigenvalue weighted by atomic mass is 10.1. The molecule has 0 bridgehead atoms. The monoisotopic (exact) mass is 296 g/mol. The summed E-state index contributed by atoms with van der Waals surface area (Å²) < 4.78 is 2.91. The van der Waals surface area contributed by atoms with E-state index in [-0.39, 0.29) is 0 Å². The third-order valence-electron chi connectivity index (χ3n) is 2.82. The zero-order valence-corrected chi connectivity index (χ0v) is 10.9. The molecule has 4 nitrogen and oxygen atoms in total. The number of hydrogen-bond donors (Lipinski definition) is 2. The summed E-state index contributed by atoms with van der Waals surface area (Å²) >= 11 is 3.39. The van der Waals surface area contributed by atoms with Crippen molar-refractivity contribution in [2.24, 2.45) is 5.73 Å². The third-order valence-corrected chi connectivity index (χ3v) is 3.31. The van der Waals surface area contributed by atoms with Gasteiger partial charge in [-0.15, -0.1) is 0 Å². The van der Waals surface area contributed by atoms with Gasteiger partial charge < -0.3 is 15.4 Å². The van der Waals surface area contributed by atoms with Gasteiger partial charge in [0.15, 0.2) is 0 Å². The third kappa shape index (κ3) is 2.08. The summed E-state index contributed by atoms with van der Waals surface area (Å²) in [5.74, 6) is -1.01. The highest BCUT2D eigenvalue weighted by atomic mass is 79.9. The van der Waals surface area contributed by atoms with E-state index in [1.165, 1.54) is 0 Å². The fourth-order valence-electron chi connectivity index (χ4n) is 1.94. The van der Waals surface area contributed by atoms with Crippen LogP contribution >= 0.6 is 15.9 Å². The molecule has 0 amide bonds. The van der Waals surface area contributed by atoms with Gasteiger partial charge in [-0.05, 0) is 25.1 Å². The van der Waals surface area contributed by atoms with E-state index < -0.39 is 12.0 Å². The fourth-order valence-corrected chi connectivity index (χ4v) is 2.30. The molecule has 0 radical (unpaired) electrons. The maximum atomic E-state index is 11.0. The van der Waals surface area contributed by atoms with Crippen LogP contribution in [0.2, 0.25) is 0 Å². The lowest BCUT2D eigenvalue weighted by molar-refractivity contribution is -0.138. The predicted molar refractivity (Wildman–Crippen MR) is 69.9 cm³/mol. The van der Waals surface area contributed by atoms with Crippen molar-refractivity contribution in [3.05, 3.63) is 34.4 Å². The van der Waals surface area contributed by atoms with Crippen LogP contribution < -0.4 is 5.73 Å². The van der Waals surface area contributed by atoms with Crippen molar-refractivity contribution in [1.29, 1.82) is 0 Å². The number of carboxylic acids is 1. The Morgan fingerprint density at radius 3 is 2.88 bits per heavy atom. The van der Waals surface area contributed by atoms with E-state index in [0.717, 1.165) is 21.9 Å². The molecule has 3 N–H and O–H groups in total. The van der Waals surface area contributed by atoms with Crippen LogP contribution in [0.1, 0.15) is 18.5 Å². The Bertz CT molecular complexity index is 577. The number of halogens is 1. The van der Waals surface area contributed by atoms with Gasteiger partial charge in [0.1, 0.15) is 6.04 Å². The van der Waals surface area contributed by atoms with E-state index in [9.17, 15) is 4.79 Å². The summed E-state index contributed by atoms with van der Waals surface area (Å²) in [4.78, 5) is 11.0. The van der Waals surface area contributed by atoms with Crippen molar-refractivity contribution in [2.75, 3.05) is 0 Å². The van der Waals surface area contributed by atoms with Crippen molar-refractivity contribution < 1.29 is 9.90 Å². The zero-order valence-electron chi connectivity index (χ0n) is 9.35. The minimum atomic E-state index is -1.01. The summed E-state index contributed by atoms with van der Waals surface area (Å²) in [6, 6.07) is 4.81. The molecule has 1 atom stereocenters. The molecule has 0 aliphatic carbocycles. The number of rotatable bonds is 3. The Morgan fingerprint density at radius 1 is 1.59 bits per heavy atom. The summed E-state index contributed by atoms with van der Waals surface area (Å²) in [5.41, 5.74) is 7.34. The first-order valence-electron chi connectivity index (χ1n) is 5.31. The number of aromatic nitrogens is 1. The Balaban J connectivity index is 2.70. The number of benzene rings is 1. The molecular weight excluding hydrogens is 284 g/mol. The van der Waals surface area contributed by atoms with Crippen LogP contribution in [0, 0.1) is 0 Å². The summed E-state index contributed by atoms with van der Waals surface area (Å²) in [7, 11) is 0. The highest BCUT2D eigenvalue weighted by Crippen LogP contribution is 2.28. The second kappa shape index (κ2) is 4.50. The maximum absolute atomic E-state index is 11.0. The minimum Gasteiger partial charge on any atom is -0.480 e. The molecule has 0 aliphatic rings. The lowest BCUT2D eigenvalue weighted by Crippen LogP contribution is -2.20. The van der Waals surface area contributed by atoms with Gasteiger partial charge in [0, 0.05) is 33.7 Å². The molecule has 2 rings (SSSR count). The number of aryl methyl sites for hydroxylation is 1. The van der Waals surface area contributed by atoms with Crippen LogP contribution in [-0.4, -0.2) is 15.6 Å². The van der Waals surface area contributed by atoms with Crippen molar-refractivity contribution in [3.8, 4) is 0 Å². The normalized spacial score (nSPS) is 12.9. The Labute approximate surface area is 107 Å². The van der Waals surface area contributed by atoms with Crippen LogP contribution in [-0.2, 0) is 11.3 Å². The van der Waals surface area contributed by atoms with E-state index in [2.05, 4.69) is 15.9 Å². The molecule has 0 saturated carbocycles. The molecule has 2 aromatic rings. The van der Waals surface area contributed by atoms with Gasteiger partial charge in [-0.1, -0.05) is 15.9 Å². The van der Waals surface area contributed by atoms with Gasteiger partial charge in [0.25, 0.3) is 0 Å². The first-order valence-corrected chi connectivity index (χ1v) is 6.10. The van der Waals surface area contributed by atoms with E-state index in [1.807, 2.05) is 35.9 Å². The second-order valence-corrected chi connectivity index (χ2v) is 4.76. The summed E-state index contributed by atoms with van der Waals surface area (Å²) in [6.07, 6.45) is 1.82. The lowest BCUT2D eigenvalue weighted by Gasteiger charge is -2.04. The molecule has 5 heteroatoms. The second-order valence-electron chi connectivity index (χ2n) is 3.85. The van der Waals surface area contributed by atoms with Crippen molar-refractivity contribution in [1.82, 2.24) is 4.57 Å². The number of fused-ring (bicyclic) bond motifs is 1. The van der Waals surface area contributed by atoms with Crippen LogP contribution in [0.15, 0.2) is 28.9 Å². The average molecular weight is 297 g/mol. The molecule has 0 spiro atoms. The van der Waals surface area contributed by atoms with E-state index in [1.54, 1.807) is 0 Å². The van der Waals surface area contributed by atoms with Gasteiger partial charge in [-0.3, -0.25) is 4.79 Å². The van der Waals surface area contributed by atoms with Gasteiger partial charge >= 0.3 is 5.97 Å². The molecule has 0 saturated heterocycles. The standard InChI is InChI=1S/C12H13BrN2O2/c1-2-15-6-9(11(14)12(16)17)8-5-7(13)3-4-10(8)15/h3-6,11H,2,14H2,1H3,(H,16,17). The molecule has 90 valence electrons. The van der Waals surface area contributed by atoms with Crippen LogP contribution in [0.3, 0.4) is 0 Å². The highest BCUT2D eigenvalue weighted by Gasteiger charge is 2.19. The predicted octanol–water partition coefficient (Wildman–Crippen LogP) is 2.51. The summed E-state index contributed by atoms with van der Waals surface area (Å²) in [5, 5.41) is 9.89. The number of nitrogens with two attached hydrogens (primary N) is 1. The van der Waals surface area contributed by atoms with Gasteiger partial charge in [-0.2, -0.15) is 0 Å². The largest absolute Gasteiger partial charge is 0.480 e. The molecule has 17 heavy (non-hydrogen) atoms.